The molecule has 0 N–H and O–H groups in total. The van der Waals surface area contributed by atoms with Gasteiger partial charge >= 0.3 is 0 Å². The van der Waals surface area contributed by atoms with Crippen molar-refractivity contribution >= 4 is 34.1 Å². The molecule has 0 atom stereocenters. The van der Waals surface area contributed by atoms with Gasteiger partial charge in [-0.1, -0.05) is 23.7 Å². The Morgan fingerprint density at radius 2 is 2.00 bits per heavy atom. The summed E-state index contributed by atoms with van der Waals surface area (Å²) < 4.78 is 15.0. The van der Waals surface area contributed by atoms with E-state index < -0.39 is 5.82 Å². The van der Waals surface area contributed by atoms with Gasteiger partial charge in [0.1, 0.15) is 12.1 Å². The van der Waals surface area contributed by atoms with Crippen molar-refractivity contribution in [1.29, 1.82) is 0 Å². The molecule has 0 saturated heterocycles. The Kier molecular flexibility index (Phi) is 3.66. The summed E-state index contributed by atoms with van der Waals surface area (Å²) in [7, 11) is 0. The van der Waals surface area contributed by atoms with E-state index in [2.05, 4.69) is 4.98 Å². The quantitative estimate of drug-likeness (QED) is 0.670. The zero-order chi connectivity index (χ0) is 15.0. The predicted octanol–water partition coefficient (Wildman–Crippen LogP) is 3.92. The number of hydrogen-bond acceptors (Lipinski definition) is 2. The Balaban J connectivity index is 2.33. The summed E-state index contributed by atoms with van der Waals surface area (Å²) in [5.74, 6) is -0.484. The van der Waals surface area contributed by atoms with E-state index in [1.54, 1.807) is 24.3 Å². The Hall–Kier alpha value is -1.91. The van der Waals surface area contributed by atoms with Gasteiger partial charge in [-0.15, -0.1) is 11.6 Å². The second-order valence-corrected chi connectivity index (χ2v) is 5.14. The molecule has 21 heavy (non-hydrogen) atoms. The standard InChI is InChI=1S/C15H9Cl2FN2O/c16-7-9-5-10-13(6-12(9)18)19-8-20(15(10)21)14-4-2-1-3-11(14)17/h1-6,8H,7H2. The first-order valence-corrected chi connectivity index (χ1v) is 7.03. The molecule has 0 aliphatic carbocycles. The van der Waals surface area contributed by atoms with Gasteiger partial charge in [0.2, 0.25) is 0 Å². The van der Waals surface area contributed by atoms with E-state index in [1.807, 2.05) is 0 Å². The van der Waals surface area contributed by atoms with Crippen LogP contribution in [0.5, 0.6) is 0 Å². The lowest BCUT2D eigenvalue weighted by Gasteiger charge is -2.09. The smallest absolute Gasteiger partial charge is 0.265 e. The van der Waals surface area contributed by atoms with Crippen molar-refractivity contribution in [3.05, 3.63) is 69.5 Å². The van der Waals surface area contributed by atoms with Crippen molar-refractivity contribution in [2.75, 3.05) is 0 Å². The topological polar surface area (TPSA) is 34.9 Å². The summed E-state index contributed by atoms with van der Waals surface area (Å²) in [6.07, 6.45) is 1.34. The fraction of sp³-hybridized carbons (Fsp3) is 0.0667. The van der Waals surface area contributed by atoms with Crippen molar-refractivity contribution in [2.24, 2.45) is 0 Å². The van der Waals surface area contributed by atoms with Crippen LogP contribution in [0.1, 0.15) is 5.56 Å². The van der Waals surface area contributed by atoms with Gasteiger partial charge in [0.05, 0.1) is 27.5 Å². The third-order valence-electron chi connectivity index (χ3n) is 3.18. The van der Waals surface area contributed by atoms with Crippen molar-refractivity contribution in [3.63, 3.8) is 0 Å². The molecule has 2 aromatic carbocycles. The maximum absolute atomic E-state index is 13.7. The van der Waals surface area contributed by atoms with Gasteiger partial charge in [0.15, 0.2) is 0 Å². The maximum Gasteiger partial charge on any atom is 0.265 e. The Morgan fingerprint density at radius 3 is 2.71 bits per heavy atom. The fourth-order valence-corrected chi connectivity index (χ4v) is 2.54. The van der Waals surface area contributed by atoms with Gasteiger partial charge in [-0.2, -0.15) is 0 Å². The van der Waals surface area contributed by atoms with Crippen LogP contribution in [0, 0.1) is 5.82 Å². The molecule has 1 aromatic heterocycles. The molecule has 0 aliphatic rings. The Morgan fingerprint density at radius 1 is 1.24 bits per heavy atom. The monoisotopic (exact) mass is 322 g/mol. The van der Waals surface area contributed by atoms with Crippen LogP contribution < -0.4 is 5.56 Å². The Labute approximate surface area is 129 Å². The summed E-state index contributed by atoms with van der Waals surface area (Å²) in [5.41, 5.74) is 0.754. The van der Waals surface area contributed by atoms with E-state index in [9.17, 15) is 9.18 Å². The minimum Gasteiger partial charge on any atom is -0.268 e. The molecule has 0 bridgehead atoms. The van der Waals surface area contributed by atoms with Gasteiger partial charge in [-0.3, -0.25) is 9.36 Å². The van der Waals surface area contributed by atoms with Crippen molar-refractivity contribution in [2.45, 2.75) is 5.88 Å². The molecule has 0 amide bonds. The number of benzene rings is 2. The molecule has 0 aliphatic heterocycles. The van der Waals surface area contributed by atoms with Crippen LogP contribution in [0.15, 0.2) is 47.5 Å². The summed E-state index contributed by atoms with van der Waals surface area (Å²) in [4.78, 5) is 16.7. The lowest BCUT2D eigenvalue weighted by atomic mass is 10.1. The first kappa shape index (κ1) is 14.0. The highest BCUT2D eigenvalue weighted by Crippen LogP contribution is 2.20. The number of rotatable bonds is 2. The molecule has 3 nitrogen and oxygen atoms in total. The molecule has 1 heterocycles. The highest BCUT2D eigenvalue weighted by atomic mass is 35.5. The molecule has 3 aromatic rings. The number of alkyl halides is 1. The van der Waals surface area contributed by atoms with E-state index in [4.69, 9.17) is 23.2 Å². The van der Waals surface area contributed by atoms with Crippen LogP contribution in [0.2, 0.25) is 5.02 Å². The van der Waals surface area contributed by atoms with Gasteiger partial charge in [0.25, 0.3) is 5.56 Å². The van der Waals surface area contributed by atoms with E-state index in [0.29, 0.717) is 16.1 Å². The minimum absolute atomic E-state index is 0.0117. The van der Waals surface area contributed by atoms with Crippen molar-refractivity contribution < 1.29 is 4.39 Å². The van der Waals surface area contributed by atoms with Gasteiger partial charge in [-0.25, -0.2) is 9.37 Å². The minimum atomic E-state index is -0.472. The number of halogens is 3. The summed E-state index contributed by atoms with van der Waals surface area (Å²) in [5, 5.41) is 0.731. The lowest BCUT2D eigenvalue weighted by molar-refractivity contribution is 0.618. The van der Waals surface area contributed by atoms with Crippen LogP contribution in [0.25, 0.3) is 16.6 Å². The fourth-order valence-electron chi connectivity index (χ4n) is 2.11. The van der Waals surface area contributed by atoms with E-state index >= 15 is 0 Å². The van der Waals surface area contributed by atoms with E-state index in [-0.39, 0.29) is 22.5 Å². The third kappa shape index (κ3) is 2.41. The van der Waals surface area contributed by atoms with Crippen LogP contribution in [0.3, 0.4) is 0 Å². The van der Waals surface area contributed by atoms with Crippen LogP contribution in [-0.4, -0.2) is 9.55 Å². The molecule has 0 radical (unpaired) electrons. The zero-order valence-corrected chi connectivity index (χ0v) is 12.2. The lowest BCUT2D eigenvalue weighted by Crippen LogP contribution is -2.19. The van der Waals surface area contributed by atoms with E-state index in [1.165, 1.54) is 23.0 Å². The first-order chi connectivity index (χ1) is 10.1. The highest BCUT2D eigenvalue weighted by molar-refractivity contribution is 6.32. The summed E-state index contributed by atoms with van der Waals surface area (Å²) in [6.45, 7) is 0. The predicted molar refractivity (Wildman–Crippen MR) is 81.9 cm³/mol. The maximum atomic E-state index is 13.7. The molecule has 3 rings (SSSR count). The molecular formula is C15H9Cl2FN2O. The van der Waals surface area contributed by atoms with Gasteiger partial charge < -0.3 is 0 Å². The van der Waals surface area contributed by atoms with E-state index in [0.717, 1.165) is 0 Å². The third-order valence-corrected chi connectivity index (χ3v) is 3.79. The summed E-state index contributed by atoms with van der Waals surface area (Å²) in [6, 6.07) is 9.58. The number of para-hydroxylation sites is 1. The molecule has 6 heteroatoms. The Bertz CT molecular complexity index is 892. The molecule has 0 fully saturated rings. The molecule has 0 unspecified atom stereocenters. The largest absolute Gasteiger partial charge is 0.268 e. The van der Waals surface area contributed by atoms with Crippen LogP contribution in [0.4, 0.5) is 4.39 Å². The second kappa shape index (κ2) is 5.47. The average Bonchev–Trinajstić information content (AvgIpc) is 2.48. The number of aromatic nitrogens is 2. The number of fused-ring (bicyclic) bond motifs is 1. The molecule has 0 spiro atoms. The van der Waals surface area contributed by atoms with Crippen LogP contribution in [-0.2, 0) is 5.88 Å². The van der Waals surface area contributed by atoms with Crippen molar-refractivity contribution in [3.8, 4) is 5.69 Å². The van der Waals surface area contributed by atoms with Gasteiger partial charge in [0, 0.05) is 11.6 Å². The normalized spacial score (nSPS) is 11.0. The first-order valence-electron chi connectivity index (χ1n) is 6.12. The SMILES string of the molecule is O=c1c2cc(CCl)c(F)cc2ncn1-c1ccccc1Cl. The molecule has 106 valence electrons. The molecule has 0 saturated carbocycles. The second-order valence-electron chi connectivity index (χ2n) is 4.47. The average molecular weight is 323 g/mol. The molecular weight excluding hydrogens is 314 g/mol. The number of hydrogen-bond donors (Lipinski definition) is 0. The number of nitrogens with zero attached hydrogens (tertiary/aromatic N) is 2. The van der Waals surface area contributed by atoms with Crippen molar-refractivity contribution in [1.82, 2.24) is 9.55 Å². The van der Waals surface area contributed by atoms with Gasteiger partial charge in [-0.05, 0) is 18.2 Å². The van der Waals surface area contributed by atoms with Crippen LogP contribution >= 0.6 is 23.2 Å². The zero-order valence-electron chi connectivity index (χ0n) is 10.7. The summed E-state index contributed by atoms with van der Waals surface area (Å²) >= 11 is 11.8. The highest BCUT2D eigenvalue weighted by Gasteiger charge is 2.11.